The number of carboxylic acid groups (broad SMARTS) is 1. The van der Waals surface area contributed by atoms with Crippen LogP contribution in [0.2, 0.25) is 0 Å². The summed E-state index contributed by atoms with van der Waals surface area (Å²) < 4.78 is 0. The first-order valence-electron chi connectivity index (χ1n) is 4.07. The van der Waals surface area contributed by atoms with Gasteiger partial charge in [-0.15, -0.1) is 0 Å². The van der Waals surface area contributed by atoms with E-state index in [2.05, 4.69) is 5.32 Å². The van der Waals surface area contributed by atoms with Gasteiger partial charge in [0.05, 0.1) is 11.1 Å². The molecule has 0 aliphatic carbocycles. The van der Waals surface area contributed by atoms with Crippen LogP contribution in [0.4, 0.5) is 5.69 Å². The van der Waals surface area contributed by atoms with Gasteiger partial charge in [0.15, 0.2) is 0 Å². The van der Waals surface area contributed by atoms with Crippen molar-refractivity contribution in [2.45, 2.75) is 0 Å². The molecule has 6 nitrogen and oxygen atoms in total. The lowest BCUT2D eigenvalue weighted by atomic mass is 10.1. The first-order chi connectivity index (χ1) is 7.58. The van der Waals surface area contributed by atoms with E-state index in [1.54, 1.807) is 12.1 Å². The lowest BCUT2D eigenvalue weighted by Gasteiger charge is -2.02. The van der Waals surface area contributed by atoms with Gasteiger partial charge in [-0.2, -0.15) is 10.5 Å². The largest absolute Gasteiger partial charge is 0.474 e. The van der Waals surface area contributed by atoms with E-state index < -0.39 is 11.9 Å². The summed E-state index contributed by atoms with van der Waals surface area (Å²) in [5.41, 5.74) is 0.393. The number of nitrogens with zero attached hydrogens (tertiary/aromatic N) is 2. The quantitative estimate of drug-likeness (QED) is 0.660. The first kappa shape index (κ1) is 11.2. The second-order valence-corrected chi connectivity index (χ2v) is 2.74. The van der Waals surface area contributed by atoms with Crippen molar-refractivity contribution < 1.29 is 14.7 Å². The Hall–Kier alpha value is -2.86. The highest BCUT2D eigenvalue weighted by molar-refractivity contribution is 6.36. The molecule has 0 heterocycles. The van der Waals surface area contributed by atoms with Gasteiger partial charge in [-0.3, -0.25) is 4.79 Å². The lowest BCUT2D eigenvalue weighted by Crippen LogP contribution is -2.21. The van der Waals surface area contributed by atoms with Crippen LogP contribution in [-0.4, -0.2) is 17.0 Å². The standard InChI is InChI=1S/C10H5N3O3/c11-4-6-1-2-8(3-7(6)5-12)13-9(14)10(15)16/h1-3H,(H,13,14)(H,15,16). The van der Waals surface area contributed by atoms with E-state index in [1.165, 1.54) is 18.2 Å². The summed E-state index contributed by atoms with van der Waals surface area (Å²) in [6.07, 6.45) is 0. The summed E-state index contributed by atoms with van der Waals surface area (Å²) >= 11 is 0. The van der Waals surface area contributed by atoms with Crippen molar-refractivity contribution in [2.75, 3.05) is 5.32 Å². The number of carboxylic acids is 1. The Labute approximate surface area is 90.3 Å². The highest BCUT2D eigenvalue weighted by atomic mass is 16.4. The smallest absolute Gasteiger partial charge is 0.394 e. The van der Waals surface area contributed by atoms with Gasteiger partial charge >= 0.3 is 11.9 Å². The number of hydrogen-bond donors (Lipinski definition) is 2. The van der Waals surface area contributed by atoms with Crippen molar-refractivity contribution in [1.29, 1.82) is 10.5 Å². The summed E-state index contributed by atoms with van der Waals surface area (Å²) in [5.74, 6) is -2.82. The molecule has 0 radical (unpaired) electrons. The molecule has 0 saturated carbocycles. The molecule has 2 N–H and O–H groups in total. The number of benzene rings is 1. The van der Waals surface area contributed by atoms with E-state index in [0.717, 1.165) is 0 Å². The molecule has 0 aromatic heterocycles. The number of nitriles is 2. The predicted octanol–water partition coefficient (Wildman–Crippen LogP) is 0.453. The van der Waals surface area contributed by atoms with Crippen LogP contribution in [0.1, 0.15) is 11.1 Å². The number of carbonyl (C=O) groups excluding carboxylic acids is 1. The van der Waals surface area contributed by atoms with Crippen LogP contribution >= 0.6 is 0 Å². The zero-order valence-corrected chi connectivity index (χ0v) is 7.89. The van der Waals surface area contributed by atoms with Gasteiger partial charge in [0.1, 0.15) is 12.1 Å². The SMILES string of the molecule is N#Cc1ccc(NC(=O)C(=O)O)cc1C#N. The van der Waals surface area contributed by atoms with Crippen molar-refractivity contribution in [3.8, 4) is 12.1 Å². The van der Waals surface area contributed by atoms with Crippen molar-refractivity contribution in [2.24, 2.45) is 0 Å². The number of hydrogen-bond acceptors (Lipinski definition) is 4. The van der Waals surface area contributed by atoms with Crippen molar-refractivity contribution in [1.82, 2.24) is 0 Å². The molecule has 0 fully saturated rings. The minimum absolute atomic E-state index is 0.0747. The Morgan fingerprint density at radius 2 is 1.81 bits per heavy atom. The maximum absolute atomic E-state index is 10.8. The monoisotopic (exact) mass is 215 g/mol. The summed E-state index contributed by atoms with van der Waals surface area (Å²) in [5, 5.41) is 27.7. The Kier molecular flexibility index (Phi) is 3.21. The normalized spacial score (nSPS) is 8.62. The van der Waals surface area contributed by atoms with Gasteiger partial charge in [-0.25, -0.2) is 4.79 Å². The highest BCUT2D eigenvalue weighted by Gasteiger charge is 2.12. The molecule has 0 spiro atoms. The molecule has 1 aromatic carbocycles. The fourth-order valence-corrected chi connectivity index (χ4v) is 0.997. The van der Waals surface area contributed by atoms with E-state index in [4.69, 9.17) is 15.6 Å². The number of rotatable bonds is 1. The van der Waals surface area contributed by atoms with Crippen LogP contribution in [0.25, 0.3) is 0 Å². The average Bonchev–Trinajstić information content (AvgIpc) is 2.28. The fourth-order valence-electron chi connectivity index (χ4n) is 0.997. The lowest BCUT2D eigenvalue weighted by molar-refractivity contribution is -0.147. The molecule has 0 bridgehead atoms. The van der Waals surface area contributed by atoms with Crippen LogP contribution in [-0.2, 0) is 9.59 Å². The van der Waals surface area contributed by atoms with E-state index in [-0.39, 0.29) is 16.8 Å². The van der Waals surface area contributed by atoms with Gasteiger partial charge in [0.25, 0.3) is 0 Å². The van der Waals surface area contributed by atoms with Crippen molar-refractivity contribution in [3.05, 3.63) is 29.3 Å². The fraction of sp³-hybridized carbons (Fsp3) is 0. The van der Waals surface area contributed by atoms with Gasteiger partial charge < -0.3 is 10.4 Å². The zero-order chi connectivity index (χ0) is 12.1. The summed E-state index contributed by atoms with van der Waals surface area (Å²) in [7, 11) is 0. The Bertz CT molecular complexity index is 537. The highest BCUT2D eigenvalue weighted by Crippen LogP contribution is 2.14. The molecule has 0 aliphatic heterocycles. The summed E-state index contributed by atoms with van der Waals surface area (Å²) in [4.78, 5) is 21.1. The summed E-state index contributed by atoms with van der Waals surface area (Å²) in [6, 6.07) is 7.48. The van der Waals surface area contributed by atoms with Crippen LogP contribution in [0.3, 0.4) is 0 Å². The topological polar surface area (TPSA) is 114 Å². The van der Waals surface area contributed by atoms with Crippen molar-refractivity contribution in [3.63, 3.8) is 0 Å². The molecule has 0 saturated heterocycles. The minimum Gasteiger partial charge on any atom is -0.474 e. The maximum Gasteiger partial charge on any atom is 0.394 e. The first-order valence-corrected chi connectivity index (χ1v) is 4.07. The Morgan fingerprint density at radius 3 is 2.31 bits per heavy atom. The number of nitrogens with one attached hydrogen (secondary N) is 1. The second kappa shape index (κ2) is 4.58. The molecule has 1 rings (SSSR count). The van der Waals surface area contributed by atoms with Crippen LogP contribution in [0.5, 0.6) is 0 Å². The second-order valence-electron chi connectivity index (χ2n) is 2.74. The third-order valence-corrected chi connectivity index (χ3v) is 1.71. The molecule has 1 aromatic rings. The van der Waals surface area contributed by atoms with Crippen LogP contribution < -0.4 is 5.32 Å². The maximum atomic E-state index is 10.8. The number of aliphatic carboxylic acids is 1. The zero-order valence-electron chi connectivity index (χ0n) is 7.89. The molecule has 16 heavy (non-hydrogen) atoms. The van der Waals surface area contributed by atoms with E-state index in [9.17, 15) is 9.59 Å². The molecule has 6 heteroatoms. The minimum atomic E-state index is -1.62. The molecule has 1 amide bonds. The molecule has 0 unspecified atom stereocenters. The van der Waals surface area contributed by atoms with Crippen LogP contribution in [0.15, 0.2) is 18.2 Å². The van der Waals surface area contributed by atoms with Crippen LogP contribution in [0, 0.1) is 22.7 Å². The molecule has 0 atom stereocenters. The van der Waals surface area contributed by atoms with E-state index in [0.29, 0.717) is 0 Å². The van der Waals surface area contributed by atoms with E-state index >= 15 is 0 Å². The molecular weight excluding hydrogens is 210 g/mol. The molecular formula is C10H5N3O3. The average molecular weight is 215 g/mol. The third-order valence-electron chi connectivity index (χ3n) is 1.71. The van der Waals surface area contributed by atoms with Gasteiger partial charge in [0.2, 0.25) is 0 Å². The summed E-state index contributed by atoms with van der Waals surface area (Å²) in [6.45, 7) is 0. The number of carbonyl (C=O) groups is 2. The van der Waals surface area contributed by atoms with Gasteiger partial charge in [-0.05, 0) is 18.2 Å². The Morgan fingerprint density at radius 1 is 1.19 bits per heavy atom. The molecule has 78 valence electrons. The Balaban J connectivity index is 3.03. The van der Waals surface area contributed by atoms with Gasteiger partial charge in [-0.1, -0.05) is 0 Å². The number of anilines is 1. The predicted molar refractivity (Wildman–Crippen MR) is 52.1 cm³/mol. The molecule has 0 aliphatic rings. The number of amides is 1. The van der Waals surface area contributed by atoms with E-state index in [1.807, 2.05) is 0 Å². The van der Waals surface area contributed by atoms with Crippen molar-refractivity contribution >= 4 is 17.6 Å². The third kappa shape index (κ3) is 2.34. The van der Waals surface area contributed by atoms with Gasteiger partial charge in [0, 0.05) is 5.69 Å².